The minimum absolute atomic E-state index is 0.374. The van der Waals surface area contributed by atoms with Gasteiger partial charge in [-0.1, -0.05) is 22.0 Å². The fourth-order valence-corrected chi connectivity index (χ4v) is 2.75. The summed E-state index contributed by atoms with van der Waals surface area (Å²) in [5, 5.41) is 1.02. The molecule has 15 heavy (non-hydrogen) atoms. The van der Waals surface area contributed by atoms with Gasteiger partial charge in [0.25, 0.3) is 0 Å². The van der Waals surface area contributed by atoms with Crippen molar-refractivity contribution in [2.45, 2.75) is 39.7 Å². The highest BCUT2D eigenvalue weighted by molar-refractivity contribution is 9.09. The van der Waals surface area contributed by atoms with Gasteiger partial charge in [0, 0.05) is 17.3 Å². The van der Waals surface area contributed by atoms with Crippen LogP contribution in [0, 0.1) is 20.8 Å². The number of alkyl halides is 1. The van der Waals surface area contributed by atoms with Crippen molar-refractivity contribution >= 4 is 15.9 Å². The molecule has 0 saturated carbocycles. The Kier molecular flexibility index (Phi) is 3.06. The van der Waals surface area contributed by atoms with Crippen molar-refractivity contribution in [2.24, 2.45) is 0 Å². The second-order valence-electron chi connectivity index (χ2n) is 4.36. The van der Waals surface area contributed by atoms with E-state index < -0.39 is 0 Å². The van der Waals surface area contributed by atoms with Gasteiger partial charge in [-0.25, -0.2) is 0 Å². The molecule has 0 unspecified atom stereocenters. The van der Waals surface area contributed by atoms with Crippen LogP contribution in [0.1, 0.15) is 28.7 Å². The van der Waals surface area contributed by atoms with Crippen LogP contribution in [0.4, 0.5) is 0 Å². The van der Waals surface area contributed by atoms with E-state index in [2.05, 4.69) is 42.8 Å². The summed E-state index contributed by atoms with van der Waals surface area (Å²) in [7, 11) is 0. The lowest BCUT2D eigenvalue weighted by molar-refractivity contribution is 0.229. The largest absolute Gasteiger partial charge is 0.489 e. The molecule has 2 rings (SSSR count). The second-order valence-corrected chi connectivity index (χ2v) is 5.16. The summed E-state index contributed by atoms with van der Waals surface area (Å²) in [6.45, 7) is 6.50. The predicted molar refractivity (Wildman–Crippen MR) is 67.2 cm³/mol. The van der Waals surface area contributed by atoms with E-state index in [9.17, 15) is 0 Å². The molecule has 0 bridgehead atoms. The van der Waals surface area contributed by atoms with Crippen LogP contribution >= 0.6 is 15.9 Å². The highest BCUT2D eigenvalue weighted by atomic mass is 79.9. The number of aryl methyl sites for hydroxylation is 2. The van der Waals surface area contributed by atoms with E-state index in [4.69, 9.17) is 4.74 Å². The molecular formula is C13H17BrO. The van der Waals surface area contributed by atoms with Crippen molar-refractivity contribution in [3.05, 3.63) is 28.3 Å². The van der Waals surface area contributed by atoms with Gasteiger partial charge in [-0.3, -0.25) is 0 Å². The molecule has 1 aliphatic heterocycles. The standard InChI is InChI=1S/C13H17BrO/c1-8-6-9(2)12-7-11(4-5-14)15-13(12)10(8)3/h6,11H,4-5,7H2,1-3H3/t11-/m1/s1. The van der Waals surface area contributed by atoms with E-state index in [1.54, 1.807) is 0 Å². The summed E-state index contributed by atoms with van der Waals surface area (Å²) in [4.78, 5) is 0. The van der Waals surface area contributed by atoms with Crippen molar-refractivity contribution < 1.29 is 4.74 Å². The van der Waals surface area contributed by atoms with E-state index in [1.807, 2.05) is 0 Å². The molecular weight excluding hydrogens is 252 g/mol. The number of halogens is 1. The molecule has 0 N–H and O–H groups in total. The maximum atomic E-state index is 6.01. The number of hydrogen-bond acceptors (Lipinski definition) is 1. The molecule has 1 heterocycles. The van der Waals surface area contributed by atoms with Gasteiger partial charge in [-0.15, -0.1) is 0 Å². The van der Waals surface area contributed by atoms with Crippen LogP contribution in [0.2, 0.25) is 0 Å². The van der Waals surface area contributed by atoms with E-state index >= 15 is 0 Å². The monoisotopic (exact) mass is 268 g/mol. The summed E-state index contributed by atoms with van der Waals surface area (Å²) in [6.07, 6.45) is 2.54. The molecule has 1 atom stereocenters. The summed E-state index contributed by atoms with van der Waals surface area (Å²) < 4.78 is 6.01. The van der Waals surface area contributed by atoms with E-state index in [0.717, 1.165) is 23.9 Å². The lowest BCUT2D eigenvalue weighted by atomic mass is 9.97. The highest BCUT2D eigenvalue weighted by Gasteiger charge is 2.26. The lowest BCUT2D eigenvalue weighted by Gasteiger charge is -2.11. The molecule has 0 radical (unpaired) electrons. The molecule has 0 spiro atoms. The summed E-state index contributed by atoms with van der Waals surface area (Å²) in [5.41, 5.74) is 5.45. The maximum absolute atomic E-state index is 6.01. The van der Waals surface area contributed by atoms with Crippen LogP contribution in [-0.2, 0) is 6.42 Å². The zero-order valence-corrected chi connectivity index (χ0v) is 11.1. The fraction of sp³-hybridized carbons (Fsp3) is 0.538. The van der Waals surface area contributed by atoms with Crippen LogP contribution in [0.5, 0.6) is 5.75 Å². The SMILES string of the molecule is Cc1cc(C)c2c(c1C)O[C@H](CCBr)C2. The average molecular weight is 269 g/mol. The minimum atomic E-state index is 0.374. The third kappa shape index (κ3) is 1.92. The summed E-state index contributed by atoms with van der Waals surface area (Å²) in [5.74, 6) is 1.15. The number of benzene rings is 1. The topological polar surface area (TPSA) is 9.23 Å². The Morgan fingerprint density at radius 3 is 2.73 bits per heavy atom. The first-order chi connectivity index (χ1) is 7.13. The van der Waals surface area contributed by atoms with Gasteiger partial charge in [0.2, 0.25) is 0 Å². The van der Waals surface area contributed by atoms with Crippen LogP contribution < -0.4 is 4.74 Å². The molecule has 0 aliphatic carbocycles. The molecule has 0 fully saturated rings. The zero-order valence-electron chi connectivity index (χ0n) is 9.56. The van der Waals surface area contributed by atoms with Gasteiger partial charge in [0.05, 0.1) is 0 Å². The van der Waals surface area contributed by atoms with Crippen LogP contribution in [-0.4, -0.2) is 11.4 Å². The molecule has 0 aromatic heterocycles. The van der Waals surface area contributed by atoms with Crippen LogP contribution in [0.3, 0.4) is 0 Å². The Balaban J connectivity index is 2.36. The Morgan fingerprint density at radius 2 is 2.07 bits per heavy atom. The second kappa shape index (κ2) is 4.17. The quantitative estimate of drug-likeness (QED) is 0.744. The van der Waals surface area contributed by atoms with Gasteiger partial charge >= 0.3 is 0 Å². The Labute approximate surface area is 100.0 Å². The van der Waals surface area contributed by atoms with Gasteiger partial charge in [0.15, 0.2) is 0 Å². The van der Waals surface area contributed by atoms with E-state index in [1.165, 1.54) is 22.3 Å². The number of hydrogen-bond donors (Lipinski definition) is 0. The van der Waals surface area contributed by atoms with Crippen molar-refractivity contribution in [3.8, 4) is 5.75 Å². The van der Waals surface area contributed by atoms with Crippen LogP contribution in [0.25, 0.3) is 0 Å². The fourth-order valence-electron chi connectivity index (χ4n) is 2.24. The first kappa shape index (κ1) is 11.0. The molecule has 1 aliphatic rings. The lowest BCUT2D eigenvalue weighted by Crippen LogP contribution is -2.13. The Hall–Kier alpha value is -0.500. The summed E-state index contributed by atoms with van der Waals surface area (Å²) in [6, 6.07) is 2.27. The normalized spacial score (nSPS) is 18.8. The molecule has 0 amide bonds. The third-order valence-electron chi connectivity index (χ3n) is 3.26. The van der Waals surface area contributed by atoms with Gasteiger partial charge < -0.3 is 4.74 Å². The third-order valence-corrected chi connectivity index (χ3v) is 3.72. The zero-order chi connectivity index (χ0) is 11.0. The van der Waals surface area contributed by atoms with Crippen molar-refractivity contribution in [1.29, 1.82) is 0 Å². The first-order valence-corrected chi connectivity index (χ1v) is 6.58. The minimum Gasteiger partial charge on any atom is -0.489 e. The summed E-state index contributed by atoms with van der Waals surface area (Å²) >= 11 is 3.48. The van der Waals surface area contributed by atoms with Gasteiger partial charge in [-0.05, 0) is 43.9 Å². The molecule has 0 saturated heterocycles. The Bertz CT molecular complexity index is 385. The van der Waals surface area contributed by atoms with Crippen molar-refractivity contribution in [2.75, 3.05) is 5.33 Å². The highest BCUT2D eigenvalue weighted by Crippen LogP contribution is 2.37. The predicted octanol–water partition coefficient (Wildman–Crippen LogP) is 3.70. The Morgan fingerprint density at radius 1 is 1.33 bits per heavy atom. The molecule has 1 nitrogen and oxygen atoms in total. The molecule has 1 aromatic rings. The van der Waals surface area contributed by atoms with E-state index in [-0.39, 0.29) is 0 Å². The number of rotatable bonds is 2. The molecule has 1 aromatic carbocycles. The van der Waals surface area contributed by atoms with Crippen LogP contribution in [0.15, 0.2) is 6.07 Å². The number of ether oxygens (including phenoxy) is 1. The number of fused-ring (bicyclic) bond motifs is 1. The van der Waals surface area contributed by atoms with Crippen molar-refractivity contribution in [3.63, 3.8) is 0 Å². The first-order valence-electron chi connectivity index (χ1n) is 5.45. The van der Waals surface area contributed by atoms with Crippen molar-refractivity contribution in [1.82, 2.24) is 0 Å². The average Bonchev–Trinajstić information content (AvgIpc) is 2.60. The van der Waals surface area contributed by atoms with Gasteiger partial charge in [-0.2, -0.15) is 0 Å². The molecule has 82 valence electrons. The smallest absolute Gasteiger partial charge is 0.126 e. The van der Waals surface area contributed by atoms with Gasteiger partial charge in [0.1, 0.15) is 11.9 Å². The molecule has 2 heteroatoms. The van der Waals surface area contributed by atoms with E-state index in [0.29, 0.717) is 6.10 Å². The maximum Gasteiger partial charge on any atom is 0.126 e.